The Bertz CT molecular complexity index is 506. The molecule has 1 aromatic heterocycles. The van der Waals surface area contributed by atoms with Crippen LogP contribution in [-0.4, -0.2) is 32.9 Å². The third-order valence-electron chi connectivity index (χ3n) is 2.50. The van der Waals surface area contributed by atoms with Crippen molar-refractivity contribution in [2.24, 2.45) is 5.73 Å². The Kier molecular flexibility index (Phi) is 4.46. The molecule has 0 saturated heterocycles. The molecule has 0 amide bonds. The Morgan fingerprint density at radius 1 is 1.26 bits per heavy atom. The van der Waals surface area contributed by atoms with Gasteiger partial charge in [0.2, 0.25) is 0 Å². The van der Waals surface area contributed by atoms with Crippen molar-refractivity contribution in [2.75, 3.05) is 6.54 Å². The molecule has 2 rings (SSSR count). The molecular weight excluding hydrogens is 242 g/mol. The molecule has 6 heteroatoms. The Morgan fingerprint density at radius 3 is 2.63 bits per heavy atom. The Hall–Kier alpha value is -1.95. The van der Waals surface area contributed by atoms with Gasteiger partial charge in [-0.25, -0.2) is 0 Å². The molecule has 1 heterocycles. The molecule has 0 saturated carbocycles. The molecular formula is C13H19N5O. The summed E-state index contributed by atoms with van der Waals surface area (Å²) in [5.74, 6) is 1.55. The van der Waals surface area contributed by atoms with Gasteiger partial charge in [-0.15, -0.1) is 15.0 Å². The van der Waals surface area contributed by atoms with Crippen LogP contribution in [-0.2, 0) is 6.42 Å². The fourth-order valence-electron chi connectivity index (χ4n) is 1.64. The van der Waals surface area contributed by atoms with Gasteiger partial charge in [0.1, 0.15) is 5.75 Å². The summed E-state index contributed by atoms with van der Waals surface area (Å²) in [4.78, 5) is 1.52. The maximum atomic E-state index is 5.58. The number of aromatic nitrogens is 4. The third-order valence-corrected chi connectivity index (χ3v) is 2.50. The zero-order valence-corrected chi connectivity index (χ0v) is 11.3. The number of rotatable bonds is 6. The Labute approximate surface area is 112 Å². The van der Waals surface area contributed by atoms with Crippen LogP contribution in [0.15, 0.2) is 24.3 Å². The van der Waals surface area contributed by atoms with Crippen molar-refractivity contribution in [1.29, 1.82) is 0 Å². The van der Waals surface area contributed by atoms with E-state index in [1.165, 1.54) is 4.80 Å². The topological polar surface area (TPSA) is 78.8 Å². The number of benzene rings is 1. The van der Waals surface area contributed by atoms with Gasteiger partial charge in [0, 0.05) is 6.42 Å². The number of hydrogen-bond acceptors (Lipinski definition) is 5. The minimum Gasteiger partial charge on any atom is -0.491 e. The fraction of sp³-hybridized carbons (Fsp3) is 0.462. The molecule has 0 unspecified atom stereocenters. The first-order valence-electron chi connectivity index (χ1n) is 6.45. The van der Waals surface area contributed by atoms with Gasteiger partial charge in [0.05, 0.1) is 11.8 Å². The summed E-state index contributed by atoms with van der Waals surface area (Å²) in [6, 6.07) is 7.62. The van der Waals surface area contributed by atoms with E-state index in [1.54, 1.807) is 0 Å². The van der Waals surface area contributed by atoms with Crippen LogP contribution >= 0.6 is 0 Å². The van der Waals surface area contributed by atoms with Gasteiger partial charge in [0.15, 0.2) is 5.82 Å². The highest BCUT2D eigenvalue weighted by Gasteiger charge is 2.05. The van der Waals surface area contributed by atoms with Crippen LogP contribution in [0.1, 0.15) is 26.1 Å². The lowest BCUT2D eigenvalue weighted by Crippen LogP contribution is -2.06. The van der Waals surface area contributed by atoms with Crippen molar-refractivity contribution >= 4 is 0 Å². The zero-order valence-electron chi connectivity index (χ0n) is 11.3. The van der Waals surface area contributed by atoms with E-state index in [9.17, 15) is 0 Å². The molecule has 102 valence electrons. The molecule has 0 aliphatic heterocycles. The van der Waals surface area contributed by atoms with Crippen LogP contribution in [0, 0.1) is 0 Å². The van der Waals surface area contributed by atoms with Gasteiger partial charge >= 0.3 is 0 Å². The van der Waals surface area contributed by atoms with Crippen molar-refractivity contribution < 1.29 is 4.74 Å². The van der Waals surface area contributed by atoms with Gasteiger partial charge in [-0.05, 0) is 56.3 Å². The quantitative estimate of drug-likeness (QED) is 0.849. The van der Waals surface area contributed by atoms with Crippen LogP contribution in [0.25, 0.3) is 5.69 Å². The van der Waals surface area contributed by atoms with Crippen LogP contribution < -0.4 is 10.5 Å². The van der Waals surface area contributed by atoms with Crippen LogP contribution in [0.5, 0.6) is 5.75 Å². The van der Waals surface area contributed by atoms with Crippen LogP contribution in [0.3, 0.4) is 0 Å². The molecule has 0 aliphatic carbocycles. The average Bonchev–Trinajstić information content (AvgIpc) is 2.85. The smallest absolute Gasteiger partial charge is 0.175 e. The summed E-state index contributed by atoms with van der Waals surface area (Å²) in [6.07, 6.45) is 1.79. The Morgan fingerprint density at radius 2 is 2.00 bits per heavy atom. The van der Waals surface area contributed by atoms with E-state index in [2.05, 4.69) is 15.4 Å². The van der Waals surface area contributed by atoms with Gasteiger partial charge < -0.3 is 10.5 Å². The monoisotopic (exact) mass is 261 g/mol. The first kappa shape index (κ1) is 13.5. The second-order valence-corrected chi connectivity index (χ2v) is 4.55. The lowest BCUT2D eigenvalue weighted by molar-refractivity contribution is 0.242. The average molecular weight is 261 g/mol. The predicted molar refractivity (Wildman–Crippen MR) is 72.3 cm³/mol. The molecule has 0 bridgehead atoms. The highest BCUT2D eigenvalue weighted by molar-refractivity contribution is 5.35. The molecule has 0 spiro atoms. The molecule has 0 aliphatic rings. The molecule has 19 heavy (non-hydrogen) atoms. The van der Waals surface area contributed by atoms with Crippen molar-refractivity contribution in [3.63, 3.8) is 0 Å². The highest BCUT2D eigenvalue weighted by Crippen LogP contribution is 2.15. The molecule has 0 radical (unpaired) electrons. The number of nitrogens with two attached hydrogens (primary N) is 1. The van der Waals surface area contributed by atoms with E-state index in [1.807, 2.05) is 38.1 Å². The number of tetrazole rings is 1. The van der Waals surface area contributed by atoms with Crippen LogP contribution in [0.2, 0.25) is 0 Å². The third kappa shape index (κ3) is 3.75. The Balaban J connectivity index is 2.07. The fourth-order valence-corrected chi connectivity index (χ4v) is 1.64. The van der Waals surface area contributed by atoms with Crippen molar-refractivity contribution in [1.82, 2.24) is 20.2 Å². The van der Waals surface area contributed by atoms with Crippen LogP contribution in [0.4, 0.5) is 0 Å². The first-order chi connectivity index (χ1) is 9.19. The second kappa shape index (κ2) is 6.29. The molecule has 2 aromatic rings. The largest absolute Gasteiger partial charge is 0.491 e. The number of ether oxygens (including phenoxy) is 1. The summed E-state index contributed by atoms with van der Waals surface area (Å²) in [7, 11) is 0. The minimum atomic E-state index is 0.165. The van der Waals surface area contributed by atoms with Crippen molar-refractivity contribution in [3.8, 4) is 11.4 Å². The lowest BCUT2D eigenvalue weighted by Gasteiger charge is -2.09. The number of hydrogen-bond donors (Lipinski definition) is 1. The van der Waals surface area contributed by atoms with E-state index in [0.717, 1.165) is 24.3 Å². The molecule has 6 nitrogen and oxygen atoms in total. The minimum absolute atomic E-state index is 0.165. The van der Waals surface area contributed by atoms with Gasteiger partial charge in [-0.3, -0.25) is 0 Å². The molecule has 0 atom stereocenters. The summed E-state index contributed by atoms with van der Waals surface area (Å²) < 4.78 is 5.58. The normalized spacial score (nSPS) is 10.9. The van der Waals surface area contributed by atoms with E-state index in [0.29, 0.717) is 12.4 Å². The first-order valence-corrected chi connectivity index (χ1v) is 6.45. The maximum absolute atomic E-state index is 5.58. The van der Waals surface area contributed by atoms with E-state index in [4.69, 9.17) is 10.5 Å². The SMILES string of the molecule is CC(C)Oc1ccc(-n2nnc(CCCN)n2)cc1. The van der Waals surface area contributed by atoms with Gasteiger partial charge in [-0.1, -0.05) is 0 Å². The predicted octanol–water partition coefficient (Wildman–Crippen LogP) is 1.34. The highest BCUT2D eigenvalue weighted by atomic mass is 16.5. The lowest BCUT2D eigenvalue weighted by atomic mass is 10.3. The van der Waals surface area contributed by atoms with Gasteiger partial charge in [0.25, 0.3) is 0 Å². The number of nitrogens with zero attached hydrogens (tertiary/aromatic N) is 4. The standard InChI is InChI=1S/C13H19N5O/c1-10(2)19-12-7-5-11(6-8-12)18-16-13(15-17-18)4-3-9-14/h5-8,10H,3-4,9,14H2,1-2H3. The summed E-state index contributed by atoms with van der Waals surface area (Å²) in [6.45, 7) is 4.63. The summed E-state index contributed by atoms with van der Waals surface area (Å²) in [5, 5.41) is 12.3. The number of aryl methyl sites for hydroxylation is 1. The summed E-state index contributed by atoms with van der Waals surface area (Å²) in [5.41, 5.74) is 6.32. The zero-order chi connectivity index (χ0) is 13.7. The van der Waals surface area contributed by atoms with Crippen molar-refractivity contribution in [2.45, 2.75) is 32.8 Å². The molecule has 1 aromatic carbocycles. The van der Waals surface area contributed by atoms with Gasteiger partial charge in [-0.2, -0.15) is 0 Å². The summed E-state index contributed by atoms with van der Waals surface area (Å²) >= 11 is 0. The van der Waals surface area contributed by atoms with E-state index < -0.39 is 0 Å². The maximum Gasteiger partial charge on any atom is 0.175 e. The molecule has 0 fully saturated rings. The molecule has 2 N–H and O–H groups in total. The van der Waals surface area contributed by atoms with Crippen molar-refractivity contribution in [3.05, 3.63) is 30.1 Å². The van der Waals surface area contributed by atoms with E-state index in [-0.39, 0.29) is 6.10 Å². The second-order valence-electron chi connectivity index (χ2n) is 4.55. The van der Waals surface area contributed by atoms with E-state index >= 15 is 0 Å².